The molecule has 26 heavy (non-hydrogen) atoms. The van der Waals surface area contributed by atoms with E-state index in [0.717, 1.165) is 0 Å². The van der Waals surface area contributed by atoms with Crippen LogP contribution in [-0.2, 0) is 23.9 Å². The van der Waals surface area contributed by atoms with Gasteiger partial charge in [-0.05, 0) is 31.2 Å². The standard InChI is InChI=1S/C18H22N2O6/c1-2-26-18(24)13-3-5-14(6-4-13)19-16(22)11-15(21)12-17(23)20-7-9-25-10-8-20/h3-6H,2,7-12H2,1H3,(H,19,22). The number of rotatable bonds is 7. The van der Waals surface area contributed by atoms with Crippen molar-refractivity contribution >= 4 is 29.3 Å². The number of carbonyl (C=O) groups is 4. The van der Waals surface area contributed by atoms with Crippen molar-refractivity contribution in [2.75, 3.05) is 38.2 Å². The van der Waals surface area contributed by atoms with Crippen LogP contribution >= 0.6 is 0 Å². The minimum Gasteiger partial charge on any atom is -0.462 e. The lowest BCUT2D eigenvalue weighted by Crippen LogP contribution is -2.41. The smallest absolute Gasteiger partial charge is 0.338 e. The number of hydrogen-bond acceptors (Lipinski definition) is 6. The third-order valence-electron chi connectivity index (χ3n) is 3.75. The van der Waals surface area contributed by atoms with Gasteiger partial charge in [0.05, 0.1) is 38.2 Å². The van der Waals surface area contributed by atoms with Gasteiger partial charge in [0.1, 0.15) is 0 Å². The van der Waals surface area contributed by atoms with E-state index in [1.54, 1.807) is 24.0 Å². The molecule has 1 N–H and O–H groups in total. The molecule has 1 aromatic rings. The lowest BCUT2D eigenvalue weighted by Gasteiger charge is -2.26. The van der Waals surface area contributed by atoms with Crippen molar-refractivity contribution < 1.29 is 28.7 Å². The van der Waals surface area contributed by atoms with Gasteiger partial charge in [-0.25, -0.2) is 4.79 Å². The van der Waals surface area contributed by atoms with Crippen LogP contribution in [0.25, 0.3) is 0 Å². The van der Waals surface area contributed by atoms with Gasteiger partial charge in [-0.1, -0.05) is 0 Å². The molecule has 0 unspecified atom stereocenters. The lowest BCUT2D eigenvalue weighted by atomic mass is 10.1. The van der Waals surface area contributed by atoms with Gasteiger partial charge in [0.2, 0.25) is 11.8 Å². The van der Waals surface area contributed by atoms with Gasteiger partial charge in [0.15, 0.2) is 5.78 Å². The predicted molar refractivity (Wildman–Crippen MR) is 92.7 cm³/mol. The van der Waals surface area contributed by atoms with E-state index in [2.05, 4.69) is 5.32 Å². The molecule has 8 heteroatoms. The Morgan fingerprint density at radius 3 is 2.35 bits per heavy atom. The highest BCUT2D eigenvalue weighted by molar-refractivity contribution is 6.09. The van der Waals surface area contributed by atoms with Crippen LogP contribution in [0.5, 0.6) is 0 Å². The number of morpholine rings is 1. The number of Topliss-reactive ketones (excluding diaryl/α,β-unsaturated/α-hetero) is 1. The molecule has 1 aliphatic heterocycles. The molecular weight excluding hydrogens is 340 g/mol. The molecule has 0 aliphatic carbocycles. The highest BCUT2D eigenvalue weighted by atomic mass is 16.5. The third kappa shape index (κ3) is 5.96. The second-order valence-electron chi connectivity index (χ2n) is 5.73. The first-order valence-electron chi connectivity index (χ1n) is 8.44. The van der Waals surface area contributed by atoms with E-state index >= 15 is 0 Å². The van der Waals surface area contributed by atoms with Gasteiger partial charge in [0.25, 0.3) is 0 Å². The van der Waals surface area contributed by atoms with Crippen molar-refractivity contribution in [1.82, 2.24) is 4.90 Å². The summed E-state index contributed by atoms with van der Waals surface area (Å²) in [7, 11) is 0. The maximum Gasteiger partial charge on any atom is 0.338 e. The first kappa shape index (κ1) is 19.6. The molecule has 0 atom stereocenters. The molecule has 1 aliphatic rings. The van der Waals surface area contributed by atoms with E-state index in [1.807, 2.05) is 0 Å². The van der Waals surface area contributed by atoms with Gasteiger partial charge >= 0.3 is 5.97 Å². The third-order valence-corrected chi connectivity index (χ3v) is 3.75. The SMILES string of the molecule is CCOC(=O)c1ccc(NC(=O)CC(=O)CC(=O)N2CCOCC2)cc1. The highest BCUT2D eigenvalue weighted by Gasteiger charge is 2.21. The van der Waals surface area contributed by atoms with Crippen molar-refractivity contribution in [2.45, 2.75) is 19.8 Å². The second kappa shape index (κ2) is 9.67. The number of ketones is 1. The van der Waals surface area contributed by atoms with Gasteiger partial charge in [-0.15, -0.1) is 0 Å². The summed E-state index contributed by atoms with van der Waals surface area (Å²) in [4.78, 5) is 48.9. The molecule has 2 rings (SSSR count). The number of esters is 1. The summed E-state index contributed by atoms with van der Waals surface area (Å²) < 4.78 is 10.0. The Kier molecular flexibility index (Phi) is 7.28. The van der Waals surface area contributed by atoms with Crippen LogP contribution in [0.3, 0.4) is 0 Å². The largest absolute Gasteiger partial charge is 0.462 e. The number of nitrogens with zero attached hydrogens (tertiary/aromatic N) is 1. The molecule has 8 nitrogen and oxygen atoms in total. The Hall–Kier alpha value is -2.74. The quantitative estimate of drug-likeness (QED) is 0.574. The van der Waals surface area contributed by atoms with Crippen molar-refractivity contribution in [1.29, 1.82) is 0 Å². The Bertz CT molecular complexity index is 665. The Morgan fingerprint density at radius 2 is 1.73 bits per heavy atom. The predicted octanol–water partition coefficient (Wildman–Crippen LogP) is 1.01. The van der Waals surface area contributed by atoms with E-state index in [9.17, 15) is 19.2 Å². The van der Waals surface area contributed by atoms with Gasteiger partial charge in [0, 0.05) is 18.8 Å². The second-order valence-corrected chi connectivity index (χ2v) is 5.73. The van der Waals surface area contributed by atoms with E-state index in [4.69, 9.17) is 9.47 Å². The molecule has 1 aromatic carbocycles. The fourth-order valence-electron chi connectivity index (χ4n) is 2.44. The molecule has 1 saturated heterocycles. The molecule has 0 saturated carbocycles. The van der Waals surface area contributed by atoms with Crippen molar-refractivity contribution in [3.8, 4) is 0 Å². The first-order valence-corrected chi connectivity index (χ1v) is 8.44. The average molecular weight is 362 g/mol. The summed E-state index contributed by atoms with van der Waals surface area (Å²) >= 11 is 0. The fourth-order valence-corrected chi connectivity index (χ4v) is 2.44. The first-order chi connectivity index (χ1) is 12.5. The molecule has 140 valence electrons. The molecule has 1 heterocycles. The molecule has 0 radical (unpaired) electrons. The van der Waals surface area contributed by atoms with Crippen molar-refractivity contribution in [2.24, 2.45) is 0 Å². The summed E-state index contributed by atoms with van der Waals surface area (Å²) in [6.07, 6.45) is -0.676. The topological polar surface area (TPSA) is 102 Å². The van der Waals surface area contributed by atoms with Gasteiger partial charge < -0.3 is 19.7 Å². The van der Waals surface area contributed by atoms with Crippen LogP contribution in [-0.4, -0.2) is 61.4 Å². The van der Waals surface area contributed by atoms with E-state index in [1.165, 1.54) is 12.1 Å². The van der Waals surface area contributed by atoms with Crippen molar-refractivity contribution in [3.05, 3.63) is 29.8 Å². The number of anilines is 1. The zero-order chi connectivity index (χ0) is 18.9. The number of nitrogens with one attached hydrogen (secondary N) is 1. The number of hydrogen-bond donors (Lipinski definition) is 1. The summed E-state index contributed by atoms with van der Waals surface area (Å²) in [5.74, 6) is -1.68. The van der Waals surface area contributed by atoms with Crippen LogP contribution in [0.15, 0.2) is 24.3 Å². The summed E-state index contributed by atoms with van der Waals surface area (Å²) in [5.41, 5.74) is 0.826. The molecule has 0 bridgehead atoms. The van der Waals surface area contributed by atoms with E-state index < -0.39 is 17.7 Å². The monoisotopic (exact) mass is 362 g/mol. The van der Waals surface area contributed by atoms with Crippen LogP contribution in [0, 0.1) is 0 Å². The van der Waals surface area contributed by atoms with E-state index in [-0.39, 0.29) is 25.4 Å². The number of carbonyl (C=O) groups excluding carboxylic acids is 4. The summed E-state index contributed by atoms with van der Waals surface area (Å²) in [5, 5.41) is 2.57. The average Bonchev–Trinajstić information content (AvgIpc) is 2.63. The number of amides is 2. The van der Waals surface area contributed by atoms with Crippen molar-refractivity contribution in [3.63, 3.8) is 0 Å². The number of benzene rings is 1. The molecule has 2 amide bonds. The highest BCUT2D eigenvalue weighted by Crippen LogP contribution is 2.11. The minimum absolute atomic E-state index is 0.280. The fraction of sp³-hybridized carbons (Fsp3) is 0.444. The summed E-state index contributed by atoms with van der Waals surface area (Å²) in [6.45, 7) is 3.84. The lowest BCUT2D eigenvalue weighted by molar-refractivity contribution is -0.139. The zero-order valence-corrected chi connectivity index (χ0v) is 14.7. The van der Waals surface area contributed by atoms with Crippen LogP contribution in [0.4, 0.5) is 5.69 Å². The molecular formula is C18H22N2O6. The van der Waals surface area contributed by atoms with Crippen LogP contribution < -0.4 is 5.32 Å². The Morgan fingerprint density at radius 1 is 1.08 bits per heavy atom. The Labute approximate surface area is 151 Å². The van der Waals surface area contributed by atoms with Crippen LogP contribution in [0.2, 0.25) is 0 Å². The van der Waals surface area contributed by atoms with Gasteiger partial charge in [-0.2, -0.15) is 0 Å². The Balaban J connectivity index is 1.79. The summed E-state index contributed by atoms with van der Waals surface area (Å²) in [6, 6.07) is 6.15. The van der Waals surface area contributed by atoms with Crippen LogP contribution in [0.1, 0.15) is 30.1 Å². The van der Waals surface area contributed by atoms with E-state index in [0.29, 0.717) is 37.6 Å². The molecule has 0 spiro atoms. The van der Waals surface area contributed by atoms with Gasteiger partial charge in [-0.3, -0.25) is 14.4 Å². The maximum atomic E-state index is 12.0. The minimum atomic E-state index is -0.506. The number of ether oxygens (including phenoxy) is 2. The molecule has 1 fully saturated rings. The molecule has 0 aromatic heterocycles. The zero-order valence-electron chi connectivity index (χ0n) is 14.7. The normalized spacial score (nSPS) is 13.8. The maximum absolute atomic E-state index is 12.0.